The average molecular weight is 367 g/mol. The second kappa shape index (κ2) is 7.67. The Labute approximate surface area is 151 Å². The van der Waals surface area contributed by atoms with Crippen LogP contribution in [0.3, 0.4) is 0 Å². The van der Waals surface area contributed by atoms with Crippen LogP contribution < -0.4 is 5.32 Å². The molecule has 0 saturated heterocycles. The van der Waals surface area contributed by atoms with E-state index in [9.17, 15) is 19.1 Å². The van der Waals surface area contributed by atoms with E-state index in [4.69, 9.17) is 0 Å². The molecule has 132 valence electrons. The summed E-state index contributed by atoms with van der Waals surface area (Å²) < 4.78 is 12.1. The first-order valence-corrected chi connectivity index (χ1v) is 9.70. The van der Waals surface area contributed by atoms with Crippen molar-refractivity contribution in [2.24, 2.45) is 0 Å². The summed E-state index contributed by atoms with van der Waals surface area (Å²) in [5.41, 5.74) is -0.401. The average Bonchev–Trinajstić information content (AvgIpc) is 2.62. The molecule has 3 aromatic rings. The van der Waals surface area contributed by atoms with Gasteiger partial charge in [0.15, 0.2) is 5.66 Å². The molecule has 0 fully saturated rings. The number of hydrogen-bond donors (Lipinski definition) is 3. The number of carbonyl (C=O) groups is 1. The first-order valence-electron chi connectivity index (χ1n) is 8.01. The molecule has 0 aliphatic heterocycles. The van der Waals surface area contributed by atoms with Crippen molar-refractivity contribution < 1.29 is 19.1 Å². The largest absolute Gasteiger partial charge is 0.342 e. The lowest BCUT2D eigenvalue weighted by Gasteiger charge is -2.19. The molecule has 0 aliphatic carbocycles. The highest BCUT2D eigenvalue weighted by Crippen LogP contribution is 2.53. The van der Waals surface area contributed by atoms with Gasteiger partial charge in [0.2, 0.25) is 5.91 Å². The van der Waals surface area contributed by atoms with Gasteiger partial charge in [-0.25, -0.2) is 0 Å². The highest BCUT2D eigenvalue weighted by molar-refractivity contribution is 7.53. The number of hydrogen-bond acceptors (Lipinski definition) is 2. The maximum Gasteiger partial charge on any atom is 0.342 e. The Kier molecular flexibility index (Phi) is 5.33. The lowest BCUT2D eigenvalue weighted by Crippen LogP contribution is -2.25. The van der Waals surface area contributed by atoms with Gasteiger partial charge < -0.3 is 15.1 Å². The van der Waals surface area contributed by atoms with Gasteiger partial charge in [0.25, 0.3) is 0 Å². The van der Waals surface area contributed by atoms with Crippen LogP contribution in [0.1, 0.15) is 16.8 Å². The van der Waals surface area contributed by atoms with Gasteiger partial charge in [0, 0.05) is 6.20 Å². The lowest BCUT2D eigenvalue weighted by molar-refractivity contribution is -0.120. The Morgan fingerprint density at radius 3 is 2.31 bits per heavy atom. The number of nitrogens with one attached hydrogen (secondary N) is 1. The molecule has 5 nitrogen and oxygen atoms in total. The van der Waals surface area contributed by atoms with E-state index in [-0.39, 0.29) is 0 Å². The molecule has 6 heteroatoms. The first kappa shape index (κ1) is 18.1. The molecule has 1 unspecified atom stereocenters. The van der Waals surface area contributed by atoms with E-state index in [2.05, 4.69) is 5.32 Å². The van der Waals surface area contributed by atoms with Crippen LogP contribution in [-0.2, 0) is 9.36 Å². The molecule has 3 N–H and O–H groups in total. The summed E-state index contributed by atoms with van der Waals surface area (Å²) >= 11 is 0. The van der Waals surface area contributed by atoms with Gasteiger partial charge in [0.05, 0.1) is 0 Å². The molecule has 0 spiro atoms. The molecule has 3 aromatic carbocycles. The van der Waals surface area contributed by atoms with Crippen molar-refractivity contribution >= 4 is 30.4 Å². The summed E-state index contributed by atoms with van der Waals surface area (Å²) in [5, 5.41) is 3.95. The zero-order valence-corrected chi connectivity index (χ0v) is 14.7. The third-order valence-corrected chi connectivity index (χ3v) is 5.19. The summed E-state index contributed by atoms with van der Waals surface area (Å²) in [6.45, 7) is 0. The summed E-state index contributed by atoms with van der Waals surface area (Å²) in [4.78, 5) is 32.2. The van der Waals surface area contributed by atoms with Crippen molar-refractivity contribution in [3.05, 3.63) is 90.1 Å². The van der Waals surface area contributed by atoms with Crippen LogP contribution in [-0.4, -0.2) is 15.7 Å². The molecule has 1 atom stereocenters. The van der Waals surface area contributed by atoms with E-state index < -0.39 is 19.2 Å². The number of amides is 1. The third kappa shape index (κ3) is 4.09. The summed E-state index contributed by atoms with van der Waals surface area (Å²) in [6.07, 6.45) is 3.06. The van der Waals surface area contributed by atoms with Crippen molar-refractivity contribution in [1.82, 2.24) is 5.32 Å². The minimum atomic E-state index is -4.72. The van der Waals surface area contributed by atoms with Crippen molar-refractivity contribution in [1.29, 1.82) is 0 Å². The number of benzene rings is 3. The van der Waals surface area contributed by atoms with Gasteiger partial charge in [-0.2, -0.15) is 0 Å². The molecule has 0 saturated carbocycles. The van der Waals surface area contributed by atoms with E-state index >= 15 is 0 Å². The van der Waals surface area contributed by atoms with Gasteiger partial charge in [-0.3, -0.25) is 9.36 Å². The van der Waals surface area contributed by atoms with Crippen molar-refractivity contribution in [2.45, 2.75) is 5.66 Å². The highest BCUT2D eigenvalue weighted by Gasteiger charge is 2.37. The van der Waals surface area contributed by atoms with Crippen LogP contribution in [0.2, 0.25) is 0 Å². The minimum Gasteiger partial charge on any atom is -0.332 e. The number of carbonyl (C=O) groups excluding carboxylic acids is 1. The molecule has 1 amide bonds. The van der Waals surface area contributed by atoms with E-state index in [1.807, 2.05) is 48.5 Å². The third-order valence-electron chi connectivity index (χ3n) is 4.00. The molecular formula is C20H18NO4P. The van der Waals surface area contributed by atoms with Gasteiger partial charge in [-0.1, -0.05) is 72.8 Å². The minimum absolute atomic E-state index is 0.307. The van der Waals surface area contributed by atoms with Crippen LogP contribution in [0.25, 0.3) is 16.8 Å². The summed E-state index contributed by atoms with van der Waals surface area (Å²) in [6, 6.07) is 21.6. The number of rotatable bonds is 5. The van der Waals surface area contributed by atoms with E-state index in [1.54, 1.807) is 30.3 Å². The summed E-state index contributed by atoms with van der Waals surface area (Å²) in [5.74, 6) is -0.748. The molecule has 0 bridgehead atoms. The van der Waals surface area contributed by atoms with Crippen LogP contribution >= 0.6 is 7.60 Å². The standard InChI is InChI=1S/C20H18NO4P/c22-20(21-14-13-15-7-2-1-3-8-15)19(26(23,24)25)18-12-6-10-16-9-4-5-11-17(16)18/h1-14,19H,(H,21,22)(H2,23,24,25)/b14-13+. The predicted octanol–water partition coefficient (Wildman–Crippen LogP) is 3.85. The van der Waals surface area contributed by atoms with E-state index in [1.165, 1.54) is 6.20 Å². The zero-order chi connectivity index (χ0) is 18.6. The molecular weight excluding hydrogens is 349 g/mol. The normalized spacial score (nSPS) is 13.0. The Balaban J connectivity index is 1.92. The smallest absolute Gasteiger partial charge is 0.332 e. The fourth-order valence-corrected chi connectivity index (χ4v) is 3.79. The van der Waals surface area contributed by atoms with Crippen molar-refractivity contribution in [3.8, 4) is 0 Å². The van der Waals surface area contributed by atoms with Crippen LogP contribution in [0.15, 0.2) is 79.0 Å². The fourth-order valence-electron chi connectivity index (χ4n) is 2.83. The first-order chi connectivity index (χ1) is 12.5. The second-order valence-corrected chi connectivity index (χ2v) is 7.51. The Bertz CT molecular complexity index is 990. The fraction of sp³-hybridized carbons (Fsp3) is 0.0500. The maximum absolute atomic E-state index is 12.6. The monoisotopic (exact) mass is 367 g/mol. The van der Waals surface area contributed by atoms with Gasteiger partial charge >= 0.3 is 7.60 Å². The molecule has 0 aromatic heterocycles. The molecule has 3 rings (SSSR count). The van der Waals surface area contributed by atoms with E-state index in [0.717, 1.165) is 10.9 Å². The Morgan fingerprint density at radius 2 is 1.58 bits per heavy atom. The van der Waals surface area contributed by atoms with Crippen LogP contribution in [0, 0.1) is 0 Å². The molecule has 0 heterocycles. The molecule has 0 radical (unpaired) electrons. The highest BCUT2D eigenvalue weighted by atomic mass is 31.2. The maximum atomic E-state index is 12.6. The lowest BCUT2D eigenvalue weighted by atomic mass is 10.0. The number of fused-ring (bicyclic) bond motifs is 1. The van der Waals surface area contributed by atoms with E-state index in [0.29, 0.717) is 10.9 Å². The van der Waals surface area contributed by atoms with Crippen molar-refractivity contribution in [2.75, 3.05) is 0 Å². The zero-order valence-electron chi connectivity index (χ0n) is 13.8. The topological polar surface area (TPSA) is 86.6 Å². The summed E-state index contributed by atoms with van der Waals surface area (Å²) in [7, 11) is -4.72. The Hall–Kier alpha value is -2.72. The quantitative estimate of drug-likeness (QED) is 0.598. The van der Waals surface area contributed by atoms with Gasteiger partial charge in [-0.05, 0) is 28.0 Å². The van der Waals surface area contributed by atoms with Gasteiger partial charge in [-0.15, -0.1) is 0 Å². The predicted molar refractivity (Wildman–Crippen MR) is 102 cm³/mol. The van der Waals surface area contributed by atoms with Gasteiger partial charge in [0.1, 0.15) is 0 Å². The van der Waals surface area contributed by atoms with Crippen molar-refractivity contribution in [3.63, 3.8) is 0 Å². The van der Waals surface area contributed by atoms with Crippen LogP contribution in [0.4, 0.5) is 0 Å². The molecule has 0 aliphatic rings. The van der Waals surface area contributed by atoms with Crippen LogP contribution in [0.5, 0.6) is 0 Å². The second-order valence-electron chi connectivity index (χ2n) is 5.81. The Morgan fingerprint density at radius 1 is 0.923 bits per heavy atom. The molecule has 26 heavy (non-hydrogen) atoms. The SMILES string of the molecule is O=C(N/C=C/c1ccccc1)C(c1cccc2ccccc12)P(=O)(O)O.